The van der Waals surface area contributed by atoms with Crippen molar-refractivity contribution < 1.29 is 9.53 Å². The number of carbonyl (C=O) groups is 1. The lowest BCUT2D eigenvalue weighted by Crippen LogP contribution is -2.28. The molecule has 1 atom stereocenters. The van der Waals surface area contributed by atoms with Crippen LogP contribution < -0.4 is 10.1 Å². The number of nitrogens with one attached hydrogen (secondary N) is 1. The molecule has 0 aliphatic heterocycles. The monoisotopic (exact) mass is 337 g/mol. The number of carbonyl (C=O) groups excluding carboxylic acids is 1. The predicted octanol–water partition coefficient (Wildman–Crippen LogP) is 4.42. The van der Waals surface area contributed by atoms with Crippen LogP contribution in [0.15, 0.2) is 42.5 Å². The lowest BCUT2D eigenvalue weighted by atomic mass is 10.1. The third kappa shape index (κ3) is 4.39. The lowest BCUT2D eigenvalue weighted by molar-refractivity contribution is -0.121. The molecule has 0 saturated carbocycles. The highest BCUT2D eigenvalue weighted by Crippen LogP contribution is 2.26. The average Bonchev–Trinajstić information content (AvgIpc) is 2.47. The first-order valence-electron chi connectivity index (χ1n) is 6.87. The van der Waals surface area contributed by atoms with Crippen molar-refractivity contribution in [1.82, 2.24) is 5.32 Å². The molecule has 116 valence electrons. The molecule has 1 N–H and O–H groups in total. The van der Waals surface area contributed by atoms with Crippen molar-refractivity contribution >= 4 is 29.1 Å². The summed E-state index contributed by atoms with van der Waals surface area (Å²) < 4.78 is 5.09. The SMILES string of the molecule is COc1ccc(CC(=O)N[C@@H](C)c2ccc(Cl)cc2Cl)cc1. The highest BCUT2D eigenvalue weighted by molar-refractivity contribution is 6.35. The summed E-state index contributed by atoms with van der Waals surface area (Å²) in [4.78, 5) is 12.1. The summed E-state index contributed by atoms with van der Waals surface area (Å²) in [5.41, 5.74) is 1.77. The van der Waals surface area contributed by atoms with Gasteiger partial charge in [-0.15, -0.1) is 0 Å². The van der Waals surface area contributed by atoms with Gasteiger partial charge in [0, 0.05) is 10.0 Å². The normalized spacial score (nSPS) is 11.8. The molecule has 0 aliphatic carbocycles. The molecule has 0 bridgehead atoms. The molecule has 0 saturated heterocycles. The zero-order valence-corrected chi connectivity index (χ0v) is 13.9. The number of halogens is 2. The van der Waals surface area contributed by atoms with E-state index in [1.807, 2.05) is 37.3 Å². The second-order valence-corrected chi connectivity index (χ2v) is 5.82. The fraction of sp³-hybridized carbons (Fsp3) is 0.235. The maximum absolute atomic E-state index is 12.1. The summed E-state index contributed by atoms with van der Waals surface area (Å²) in [5, 5.41) is 4.06. The van der Waals surface area contributed by atoms with Gasteiger partial charge >= 0.3 is 0 Å². The fourth-order valence-corrected chi connectivity index (χ4v) is 2.72. The van der Waals surface area contributed by atoms with E-state index >= 15 is 0 Å². The minimum atomic E-state index is -0.185. The van der Waals surface area contributed by atoms with Gasteiger partial charge in [0.25, 0.3) is 0 Å². The molecule has 2 aromatic carbocycles. The summed E-state index contributed by atoms with van der Waals surface area (Å²) >= 11 is 12.0. The van der Waals surface area contributed by atoms with Crippen LogP contribution >= 0.6 is 23.2 Å². The molecule has 0 fully saturated rings. The maximum atomic E-state index is 12.1. The van der Waals surface area contributed by atoms with Gasteiger partial charge in [0.15, 0.2) is 0 Å². The van der Waals surface area contributed by atoms with Crippen LogP contribution in [0.5, 0.6) is 5.75 Å². The lowest BCUT2D eigenvalue weighted by Gasteiger charge is -2.16. The van der Waals surface area contributed by atoms with Crippen LogP contribution in [0, 0.1) is 0 Å². The van der Waals surface area contributed by atoms with E-state index in [1.165, 1.54) is 0 Å². The average molecular weight is 338 g/mol. The highest BCUT2D eigenvalue weighted by Gasteiger charge is 2.13. The van der Waals surface area contributed by atoms with Crippen LogP contribution in [0.4, 0.5) is 0 Å². The minimum Gasteiger partial charge on any atom is -0.497 e. The fourth-order valence-electron chi connectivity index (χ4n) is 2.15. The Morgan fingerprint density at radius 3 is 2.45 bits per heavy atom. The molecular formula is C17H17Cl2NO2. The molecule has 22 heavy (non-hydrogen) atoms. The first-order valence-corrected chi connectivity index (χ1v) is 7.62. The Labute approximate surface area is 140 Å². The molecule has 2 rings (SSSR count). The van der Waals surface area contributed by atoms with Gasteiger partial charge < -0.3 is 10.1 Å². The molecule has 0 unspecified atom stereocenters. The first kappa shape index (κ1) is 16.7. The van der Waals surface area contributed by atoms with Crippen molar-refractivity contribution in [3.8, 4) is 5.75 Å². The Balaban J connectivity index is 1.98. The van der Waals surface area contributed by atoms with E-state index in [0.29, 0.717) is 16.5 Å². The van der Waals surface area contributed by atoms with Crippen LogP contribution in [0.1, 0.15) is 24.1 Å². The third-order valence-corrected chi connectivity index (χ3v) is 3.89. The van der Waals surface area contributed by atoms with E-state index in [-0.39, 0.29) is 11.9 Å². The maximum Gasteiger partial charge on any atom is 0.224 e. The summed E-state index contributed by atoms with van der Waals surface area (Å²) in [5.74, 6) is 0.703. The second kappa shape index (κ2) is 7.52. The number of amides is 1. The van der Waals surface area contributed by atoms with Crippen LogP contribution in [0.2, 0.25) is 10.0 Å². The topological polar surface area (TPSA) is 38.3 Å². The molecule has 1 amide bonds. The molecule has 0 spiro atoms. The highest BCUT2D eigenvalue weighted by atomic mass is 35.5. The second-order valence-electron chi connectivity index (χ2n) is 4.98. The van der Waals surface area contributed by atoms with E-state index in [2.05, 4.69) is 5.32 Å². The number of methoxy groups -OCH3 is 1. The van der Waals surface area contributed by atoms with Crippen molar-refractivity contribution in [3.05, 3.63) is 63.6 Å². The quantitative estimate of drug-likeness (QED) is 0.876. The molecule has 3 nitrogen and oxygen atoms in total. The number of ether oxygens (including phenoxy) is 1. The van der Waals surface area contributed by atoms with Crippen molar-refractivity contribution in [1.29, 1.82) is 0 Å². The van der Waals surface area contributed by atoms with Crippen molar-refractivity contribution in [3.63, 3.8) is 0 Å². The number of hydrogen-bond acceptors (Lipinski definition) is 2. The number of benzene rings is 2. The van der Waals surface area contributed by atoms with Crippen molar-refractivity contribution in [2.24, 2.45) is 0 Å². The minimum absolute atomic E-state index is 0.0660. The van der Waals surface area contributed by atoms with Gasteiger partial charge in [-0.25, -0.2) is 0 Å². The van der Waals surface area contributed by atoms with Gasteiger partial charge in [-0.1, -0.05) is 41.4 Å². The van der Waals surface area contributed by atoms with Gasteiger partial charge in [-0.3, -0.25) is 4.79 Å². The summed E-state index contributed by atoms with van der Waals surface area (Å²) in [6.07, 6.45) is 0.305. The molecule has 0 aliphatic rings. The van der Waals surface area contributed by atoms with Gasteiger partial charge in [-0.05, 0) is 42.3 Å². The van der Waals surface area contributed by atoms with Gasteiger partial charge in [-0.2, -0.15) is 0 Å². The first-order chi connectivity index (χ1) is 10.5. The Morgan fingerprint density at radius 1 is 1.18 bits per heavy atom. The standard InChI is InChI=1S/C17H17Cl2NO2/c1-11(15-8-5-13(18)10-16(15)19)20-17(21)9-12-3-6-14(22-2)7-4-12/h3-8,10-11H,9H2,1-2H3,(H,20,21)/t11-/m0/s1. The van der Waals surface area contributed by atoms with Crippen LogP contribution in [0.3, 0.4) is 0 Å². The van der Waals surface area contributed by atoms with Crippen LogP contribution in [-0.2, 0) is 11.2 Å². The number of hydrogen-bond donors (Lipinski definition) is 1. The third-order valence-electron chi connectivity index (χ3n) is 3.33. The van der Waals surface area contributed by atoms with E-state index in [1.54, 1.807) is 19.2 Å². The summed E-state index contributed by atoms with van der Waals surface area (Å²) in [6, 6.07) is 12.5. The Bertz CT molecular complexity index is 656. The van der Waals surface area contributed by atoms with E-state index in [9.17, 15) is 4.79 Å². The van der Waals surface area contributed by atoms with E-state index < -0.39 is 0 Å². The zero-order chi connectivity index (χ0) is 16.1. The van der Waals surface area contributed by atoms with Crippen LogP contribution in [-0.4, -0.2) is 13.0 Å². The molecular weight excluding hydrogens is 321 g/mol. The van der Waals surface area contributed by atoms with Gasteiger partial charge in [0.1, 0.15) is 5.75 Å². The predicted molar refractivity (Wildman–Crippen MR) is 89.7 cm³/mol. The summed E-state index contributed by atoms with van der Waals surface area (Å²) in [7, 11) is 1.61. The number of rotatable bonds is 5. The molecule has 0 heterocycles. The van der Waals surface area contributed by atoms with Gasteiger partial charge in [0.05, 0.1) is 19.6 Å². The molecule has 5 heteroatoms. The van der Waals surface area contributed by atoms with Gasteiger partial charge in [0.2, 0.25) is 5.91 Å². The van der Waals surface area contributed by atoms with E-state index in [4.69, 9.17) is 27.9 Å². The molecule has 0 aromatic heterocycles. The Morgan fingerprint density at radius 2 is 1.86 bits per heavy atom. The van der Waals surface area contributed by atoms with Crippen molar-refractivity contribution in [2.75, 3.05) is 7.11 Å². The largest absolute Gasteiger partial charge is 0.497 e. The zero-order valence-electron chi connectivity index (χ0n) is 12.4. The molecule has 0 radical (unpaired) electrons. The van der Waals surface area contributed by atoms with Crippen LogP contribution in [0.25, 0.3) is 0 Å². The Hall–Kier alpha value is -1.71. The van der Waals surface area contributed by atoms with E-state index in [0.717, 1.165) is 16.9 Å². The molecule has 2 aromatic rings. The Kier molecular flexibility index (Phi) is 5.69. The smallest absolute Gasteiger partial charge is 0.224 e. The van der Waals surface area contributed by atoms with Crippen molar-refractivity contribution in [2.45, 2.75) is 19.4 Å². The summed E-state index contributed by atoms with van der Waals surface area (Å²) in [6.45, 7) is 1.89.